The summed E-state index contributed by atoms with van der Waals surface area (Å²) in [7, 11) is 3.99. The second-order valence-corrected chi connectivity index (χ2v) is 6.32. The second kappa shape index (κ2) is 8.62. The van der Waals surface area contributed by atoms with Gasteiger partial charge in [0.2, 0.25) is 5.91 Å². The first-order valence-electron chi connectivity index (χ1n) is 8.20. The van der Waals surface area contributed by atoms with Crippen LogP contribution in [0.4, 0.5) is 0 Å². The van der Waals surface area contributed by atoms with E-state index in [1.165, 1.54) is 5.56 Å². The van der Waals surface area contributed by atoms with Gasteiger partial charge >= 0.3 is 0 Å². The van der Waals surface area contributed by atoms with Crippen molar-refractivity contribution >= 4 is 5.91 Å². The number of rotatable bonds is 7. The van der Waals surface area contributed by atoms with Gasteiger partial charge in [-0.1, -0.05) is 60.2 Å². The van der Waals surface area contributed by atoms with E-state index < -0.39 is 6.10 Å². The van der Waals surface area contributed by atoms with Crippen molar-refractivity contribution in [1.29, 1.82) is 0 Å². The van der Waals surface area contributed by atoms with Crippen LogP contribution in [0, 0.1) is 6.92 Å². The van der Waals surface area contributed by atoms with E-state index >= 15 is 0 Å². The molecule has 2 atom stereocenters. The van der Waals surface area contributed by atoms with Crippen LogP contribution in [0.1, 0.15) is 35.3 Å². The molecule has 0 aliphatic rings. The molecule has 4 nitrogen and oxygen atoms in total. The molecule has 2 aromatic carbocycles. The average Bonchev–Trinajstić information content (AvgIpc) is 2.57. The van der Waals surface area contributed by atoms with Gasteiger partial charge in [0, 0.05) is 6.54 Å². The predicted octanol–water partition coefficient (Wildman–Crippen LogP) is 2.84. The minimum Gasteiger partial charge on any atom is -0.388 e. The molecule has 0 fully saturated rings. The third kappa shape index (κ3) is 5.18. The summed E-state index contributed by atoms with van der Waals surface area (Å²) in [6, 6.07) is 17.7. The maximum atomic E-state index is 12.1. The Balaban J connectivity index is 1.92. The van der Waals surface area contributed by atoms with Crippen molar-refractivity contribution < 1.29 is 9.90 Å². The van der Waals surface area contributed by atoms with Gasteiger partial charge in [0.1, 0.15) is 0 Å². The van der Waals surface area contributed by atoms with Crippen LogP contribution in [-0.2, 0) is 4.79 Å². The molecule has 2 aromatic rings. The van der Waals surface area contributed by atoms with Crippen LogP contribution in [-0.4, -0.2) is 36.6 Å². The van der Waals surface area contributed by atoms with Crippen molar-refractivity contribution in [3.8, 4) is 0 Å². The van der Waals surface area contributed by atoms with Crippen LogP contribution < -0.4 is 5.32 Å². The Hall–Kier alpha value is -2.17. The van der Waals surface area contributed by atoms with E-state index in [4.69, 9.17) is 0 Å². The molecule has 2 N–H and O–H groups in total. The Morgan fingerprint density at radius 3 is 2.25 bits per heavy atom. The summed E-state index contributed by atoms with van der Waals surface area (Å²) in [4.78, 5) is 14.2. The topological polar surface area (TPSA) is 52.6 Å². The van der Waals surface area contributed by atoms with Gasteiger partial charge in [0.15, 0.2) is 0 Å². The van der Waals surface area contributed by atoms with E-state index in [-0.39, 0.29) is 18.4 Å². The summed E-state index contributed by atoms with van der Waals surface area (Å²) in [5.74, 6) is -0.148. The molecule has 0 aliphatic heterocycles. The summed E-state index contributed by atoms with van der Waals surface area (Å²) in [6.07, 6.45) is -0.707. The molecule has 0 aromatic heterocycles. The third-order valence-electron chi connectivity index (χ3n) is 4.14. The van der Waals surface area contributed by atoms with Gasteiger partial charge in [-0.3, -0.25) is 4.79 Å². The number of aryl methyl sites for hydroxylation is 1. The Labute approximate surface area is 144 Å². The van der Waals surface area contributed by atoms with Gasteiger partial charge in [0.05, 0.1) is 18.6 Å². The van der Waals surface area contributed by atoms with Crippen LogP contribution in [0.2, 0.25) is 0 Å². The fourth-order valence-corrected chi connectivity index (χ4v) is 2.64. The Bertz CT molecular complexity index is 638. The van der Waals surface area contributed by atoms with Gasteiger partial charge in [-0.15, -0.1) is 0 Å². The predicted molar refractivity (Wildman–Crippen MR) is 96.6 cm³/mol. The molecule has 0 saturated carbocycles. The zero-order valence-corrected chi connectivity index (χ0v) is 14.6. The molecule has 2 rings (SSSR count). The lowest BCUT2D eigenvalue weighted by Gasteiger charge is -2.25. The number of hydrogen-bond donors (Lipinski definition) is 2. The van der Waals surface area contributed by atoms with Gasteiger partial charge in [-0.05, 0) is 32.1 Å². The average molecular weight is 326 g/mol. The minimum atomic E-state index is -0.775. The van der Waals surface area contributed by atoms with E-state index in [2.05, 4.69) is 41.4 Å². The monoisotopic (exact) mass is 326 g/mol. The summed E-state index contributed by atoms with van der Waals surface area (Å²) >= 11 is 0. The molecule has 4 heteroatoms. The number of nitrogens with one attached hydrogen (secondary N) is 1. The SMILES string of the molecule is Cc1ccc(C(CNC(=O)CC(O)c2ccccc2)N(C)C)cc1. The zero-order valence-electron chi connectivity index (χ0n) is 14.6. The van der Waals surface area contributed by atoms with Crippen molar-refractivity contribution in [2.45, 2.75) is 25.5 Å². The van der Waals surface area contributed by atoms with E-state index in [9.17, 15) is 9.90 Å². The first-order valence-corrected chi connectivity index (χ1v) is 8.20. The highest BCUT2D eigenvalue weighted by molar-refractivity contribution is 5.76. The lowest BCUT2D eigenvalue weighted by atomic mass is 10.0. The number of aliphatic hydroxyl groups is 1. The van der Waals surface area contributed by atoms with E-state index in [0.29, 0.717) is 6.54 Å². The number of carbonyl (C=O) groups is 1. The molecule has 1 amide bonds. The largest absolute Gasteiger partial charge is 0.388 e. The highest BCUT2D eigenvalue weighted by atomic mass is 16.3. The normalized spacial score (nSPS) is 13.5. The lowest BCUT2D eigenvalue weighted by Crippen LogP contribution is -2.35. The van der Waals surface area contributed by atoms with E-state index in [1.807, 2.05) is 44.4 Å². The number of amides is 1. The first-order chi connectivity index (χ1) is 11.5. The highest BCUT2D eigenvalue weighted by Crippen LogP contribution is 2.19. The van der Waals surface area contributed by atoms with Crippen LogP contribution >= 0.6 is 0 Å². The molecule has 24 heavy (non-hydrogen) atoms. The Morgan fingerprint density at radius 2 is 1.67 bits per heavy atom. The first kappa shape index (κ1) is 18.2. The molecular weight excluding hydrogens is 300 g/mol. The molecule has 0 radical (unpaired) electrons. The highest BCUT2D eigenvalue weighted by Gasteiger charge is 2.17. The third-order valence-corrected chi connectivity index (χ3v) is 4.14. The fraction of sp³-hybridized carbons (Fsp3) is 0.350. The number of benzene rings is 2. The Kier molecular flexibility index (Phi) is 6.53. The van der Waals surface area contributed by atoms with Crippen molar-refractivity contribution in [2.75, 3.05) is 20.6 Å². The fourth-order valence-electron chi connectivity index (χ4n) is 2.64. The molecular formula is C20H26N2O2. The van der Waals surface area contributed by atoms with Crippen molar-refractivity contribution in [3.05, 3.63) is 71.3 Å². The number of nitrogens with zero attached hydrogens (tertiary/aromatic N) is 1. The quantitative estimate of drug-likeness (QED) is 0.823. The number of hydrogen-bond acceptors (Lipinski definition) is 3. The van der Waals surface area contributed by atoms with Gasteiger partial charge in [-0.2, -0.15) is 0 Å². The van der Waals surface area contributed by atoms with Crippen LogP contribution in [0.3, 0.4) is 0 Å². The Morgan fingerprint density at radius 1 is 1.04 bits per heavy atom. The van der Waals surface area contributed by atoms with E-state index in [1.54, 1.807) is 0 Å². The molecule has 2 unspecified atom stereocenters. The van der Waals surface area contributed by atoms with E-state index in [0.717, 1.165) is 11.1 Å². The number of aliphatic hydroxyl groups excluding tert-OH is 1. The smallest absolute Gasteiger partial charge is 0.223 e. The summed E-state index contributed by atoms with van der Waals surface area (Å²) in [5.41, 5.74) is 3.14. The maximum absolute atomic E-state index is 12.1. The maximum Gasteiger partial charge on any atom is 0.223 e. The van der Waals surface area contributed by atoms with Crippen molar-refractivity contribution in [3.63, 3.8) is 0 Å². The molecule has 0 bridgehead atoms. The molecule has 0 spiro atoms. The zero-order chi connectivity index (χ0) is 17.5. The number of carbonyl (C=O) groups excluding carboxylic acids is 1. The van der Waals surface area contributed by atoms with Crippen LogP contribution in [0.5, 0.6) is 0 Å². The molecule has 0 heterocycles. The van der Waals surface area contributed by atoms with Gasteiger partial charge in [0.25, 0.3) is 0 Å². The van der Waals surface area contributed by atoms with Gasteiger partial charge in [-0.25, -0.2) is 0 Å². The van der Waals surface area contributed by atoms with Gasteiger partial charge < -0.3 is 15.3 Å². The van der Waals surface area contributed by atoms with Crippen molar-refractivity contribution in [1.82, 2.24) is 10.2 Å². The lowest BCUT2D eigenvalue weighted by molar-refractivity contribution is -0.123. The minimum absolute atomic E-state index is 0.0675. The standard InChI is InChI=1S/C20H26N2O2/c1-15-9-11-16(12-10-15)18(22(2)3)14-21-20(24)13-19(23)17-7-5-4-6-8-17/h4-12,18-19,23H,13-14H2,1-3H3,(H,21,24). The molecule has 0 aliphatic carbocycles. The second-order valence-electron chi connectivity index (χ2n) is 6.32. The number of likely N-dealkylation sites (N-methyl/N-ethyl adjacent to an activating group) is 1. The molecule has 0 saturated heterocycles. The summed E-state index contributed by atoms with van der Waals surface area (Å²) in [6.45, 7) is 2.57. The molecule has 128 valence electrons. The van der Waals surface area contributed by atoms with Crippen LogP contribution in [0.25, 0.3) is 0 Å². The van der Waals surface area contributed by atoms with Crippen molar-refractivity contribution in [2.24, 2.45) is 0 Å². The summed E-state index contributed by atoms with van der Waals surface area (Å²) < 4.78 is 0. The van der Waals surface area contributed by atoms with Crippen LogP contribution in [0.15, 0.2) is 54.6 Å². The summed E-state index contributed by atoms with van der Waals surface area (Å²) in [5, 5.41) is 13.1.